The Balaban J connectivity index is 2.28. The fourth-order valence-electron chi connectivity index (χ4n) is 2.22. The van der Waals surface area contributed by atoms with Crippen LogP contribution in [0.4, 0.5) is 22.0 Å². The Bertz CT molecular complexity index is 462. The average molecular weight is 281 g/mol. The molecule has 3 unspecified atom stereocenters. The number of nitrogens with two attached hydrogens (primary N) is 1. The second-order valence-corrected chi connectivity index (χ2v) is 4.36. The number of alkyl halides is 3. The van der Waals surface area contributed by atoms with E-state index < -0.39 is 35.8 Å². The molecule has 3 nitrogen and oxygen atoms in total. The molecule has 106 valence electrons. The minimum Gasteiger partial charge on any atom is -0.330 e. The number of hydrogen-bond donors (Lipinski definition) is 3. The van der Waals surface area contributed by atoms with Crippen LogP contribution in [0.5, 0.6) is 0 Å². The molecule has 0 spiro atoms. The van der Waals surface area contributed by atoms with Crippen LogP contribution in [0.2, 0.25) is 0 Å². The Labute approximate surface area is 105 Å². The minimum absolute atomic E-state index is 0.216. The van der Waals surface area contributed by atoms with Gasteiger partial charge in [0, 0.05) is 5.92 Å². The fraction of sp³-hybridized carbons (Fsp3) is 0.455. The standard InChI is InChI=1S/C11H12F5N3/c12-7-2-1-5(3-8(7)13)9-6(4-17)10(19-18-9)11(14,15)16/h1-3,6,9-10,18-19H,4,17H2. The molecule has 1 aromatic rings. The smallest absolute Gasteiger partial charge is 0.330 e. The maximum Gasteiger partial charge on any atom is 0.405 e. The van der Waals surface area contributed by atoms with E-state index >= 15 is 0 Å². The van der Waals surface area contributed by atoms with Crippen molar-refractivity contribution in [3.8, 4) is 0 Å². The molecule has 4 N–H and O–H groups in total. The lowest BCUT2D eigenvalue weighted by atomic mass is 9.89. The van der Waals surface area contributed by atoms with Crippen molar-refractivity contribution in [3.05, 3.63) is 35.4 Å². The van der Waals surface area contributed by atoms with Crippen molar-refractivity contribution in [3.63, 3.8) is 0 Å². The van der Waals surface area contributed by atoms with E-state index in [1.54, 1.807) is 0 Å². The van der Waals surface area contributed by atoms with E-state index in [9.17, 15) is 22.0 Å². The quantitative estimate of drug-likeness (QED) is 0.722. The van der Waals surface area contributed by atoms with Gasteiger partial charge in [-0.15, -0.1) is 0 Å². The molecule has 0 amide bonds. The molecule has 19 heavy (non-hydrogen) atoms. The molecule has 1 aliphatic heterocycles. The van der Waals surface area contributed by atoms with Gasteiger partial charge < -0.3 is 5.73 Å². The third kappa shape index (κ3) is 2.70. The number of hydrogen-bond acceptors (Lipinski definition) is 3. The summed E-state index contributed by atoms with van der Waals surface area (Å²) < 4.78 is 64.1. The summed E-state index contributed by atoms with van der Waals surface area (Å²) in [6, 6.07) is 0.332. The van der Waals surface area contributed by atoms with Gasteiger partial charge in [-0.1, -0.05) is 6.07 Å². The zero-order valence-corrected chi connectivity index (χ0v) is 9.64. The highest BCUT2D eigenvalue weighted by molar-refractivity contribution is 5.24. The lowest BCUT2D eigenvalue weighted by molar-refractivity contribution is -0.161. The lowest BCUT2D eigenvalue weighted by Crippen LogP contribution is -2.45. The summed E-state index contributed by atoms with van der Waals surface area (Å²) in [6.07, 6.45) is -4.47. The van der Waals surface area contributed by atoms with Gasteiger partial charge in [0.1, 0.15) is 6.04 Å². The molecule has 3 atom stereocenters. The van der Waals surface area contributed by atoms with Crippen molar-refractivity contribution in [2.45, 2.75) is 18.3 Å². The number of nitrogens with one attached hydrogen (secondary N) is 2. The van der Waals surface area contributed by atoms with Crippen LogP contribution in [-0.2, 0) is 0 Å². The van der Waals surface area contributed by atoms with Gasteiger partial charge in [0.05, 0.1) is 6.04 Å². The third-order valence-corrected chi connectivity index (χ3v) is 3.18. The predicted octanol–water partition coefficient (Wildman–Crippen LogP) is 1.62. The molecule has 0 bridgehead atoms. The molecular weight excluding hydrogens is 269 g/mol. The van der Waals surface area contributed by atoms with Crippen LogP contribution in [0.1, 0.15) is 11.6 Å². The van der Waals surface area contributed by atoms with E-state index in [1.165, 1.54) is 6.07 Å². The van der Waals surface area contributed by atoms with Gasteiger partial charge in [0.25, 0.3) is 0 Å². The highest BCUT2D eigenvalue weighted by atomic mass is 19.4. The first-order chi connectivity index (χ1) is 8.84. The molecule has 0 saturated carbocycles. The number of rotatable bonds is 2. The van der Waals surface area contributed by atoms with E-state index in [1.807, 2.05) is 0 Å². The summed E-state index contributed by atoms with van der Waals surface area (Å²) in [5.74, 6) is -3.15. The van der Waals surface area contributed by atoms with Crippen LogP contribution in [0.25, 0.3) is 0 Å². The third-order valence-electron chi connectivity index (χ3n) is 3.18. The SMILES string of the molecule is NCC1C(c2ccc(F)c(F)c2)NNC1C(F)(F)F. The Morgan fingerprint density at radius 2 is 1.79 bits per heavy atom. The zero-order chi connectivity index (χ0) is 14.2. The van der Waals surface area contributed by atoms with E-state index in [2.05, 4.69) is 10.9 Å². The Morgan fingerprint density at radius 3 is 2.32 bits per heavy atom. The lowest BCUT2D eigenvalue weighted by Gasteiger charge is -2.23. The summed E-state index contributed by atoms with van der Waals surface area (Å²) in [4.78, 5) is 0. The van der Waals surface area contributed by atoms with Crippen molar-refractivity contribution in [2.24, 2.45) is 11.7 Å². The minimum atomic E-state index is -4.47. The van der Waals surface area contributed by atoms with Gasteiger partial charge in [-0.2, -0.15) is 13.2 Å². The molecular formula is C11H12F5N3. The van der Waals surface area contributed by atoms with Crippen LogP contribution in [0.15, 0.2) is 18.2 Å². The second-order valence-electron chi connectivity index (χ2n) is 4.36. The maximum absolute atomic E-state index is 13.1. The topological polar surface area (TPSA) is 50.1 Å². The highest BCUT2D eigenvalue weighted by Crippen LogP contribution is 2.36. The number of hydrazine groups is 1. The van der Waals surface area contributed by atoms with Gasteiger partial charge in [-0.3, -0.25) is 0 Å². The first-order valence-electron chi connectivity index (χ1n) is 5.57. The van der Waals surface area contributed by atoms with Crippen molar-refractivity contribution < 1.29 is 22.0 Å². The molecule has 1 heterocycles. The Hall–Kier alpha value is -1.25. The van der Waals surface area contributed by atoms with Gasteiger partial charge >= 0.3 is 6.18 Å². The normalized spacial score (nSPS) is 27.8. The first-order valence-corrected chi connectivity index (χ1v) is 5.57. The molecule has 2 rings (SSSR count). The predicted molar refractivity (Wildman–Crippen MR) is 57.8 cm³/mol. The van der Waals surface area contributed by atoms with E-state index in [0.717, 1.165) is 12.1 Å². The average Bonchev–Trinajstić information content (AvgIpc) is 2.76. The summed E-state index contributed by atoms with van der Waals surface area (Å²) in [6.45, 7) is -0.242. The van der Waals surface area contributed by atoms with Crippen LogP contribution < -0.4 is 16.6 Å². The van der Waals surface area contributed by atoms with Crippen molar-refractivity contribution in [1.29, 1.82) is 0 Å². The summed E-state index contributed by atoms with van der Waals surface area (Å²) >= 11 is 0. The van der Waals surface area contributed by atoms with E-state index in [0.29, 0.717) is 0 Å². The van der Waals surface area contributed by atoms with Crippen molar-refractivity contribution in [1.82, 2.24) is 10.9 Å². The van der Waals surface area contributed by atoms with Crippen LogP contribution in [0.3, 0.4) is 0 Å². The Kier molecular flexibility index (Phi) is 3.75. The zero-order valence-electron chi connectivity index (χ0n) is 9.64. The molecule has 1 aliphatic rings. The van der Waals surface area contributed by atoms with E-state index in [-0.39, 0.29) is 12.1 Å². The molecule has 1 aromatic carbocycles. The highest BCUT2D eigenvalue weighted by Gasteiger charge is 2.50. The molecule has 0 aromatic heterocycles. The fourth-order valence-corrected chi connectivity index (χ4v) is 2.22. The Morgan fingerprint density at radius 1 is 1.11 bits per heavy atom. The van der Waals surface area contributed by atoms with Gasteiger partial charge in [-0.05, 0) is 24.2 Å². The maximum atomic E-state index is 13.1. The van der Waals surface area contributed by atoms with Crippen molar-refractivity contribution >= 4 is 0 Å². The second kappa shape index (κ2) is 5.03. The van der Waals surface area contributed by atoms with Crippen LogP contribution in [0, 0.1) is 17.6 Å². The molecule has 0 aliphatic carbocycles. The van der Waals surface area contributed by atoms with Gasteiger partial charge in [0.2, 0.25) is 0 Å². The summed E-state index contributed by atoms with van der Waals surface area (Å²) in [7, 11) is 0. The van der Waals surface area contributed by atoms with Gasteiger partial charge in [-0.25, -0.2) is 19.6 Å². The van der Waals surface area contributed by atoms with Crippen LogP contribution >= 0.6 is 0 Å². The molecule has 1 saturated heterocycles. The largest absolute Gasteiger partial charge is 0.405 e. The molecule has 8 heteroatoms. The van der Waals surface area contributed by atoms with Crippen molar-refractivity contribution in [2.75, 3.05) is 6.54 Å². The van der Waals surface area contributed by atoms with Crippen LogP contribution in [-0.4, -0.2) is 18.8 Å². The molecule has 0 radical (unpaired) electrons. The summed E-state index contributed by atoms with van der Waals surface area (Å²) in [5, 5.41) is 0. The number of benzene rings is 1. The first kappa shape index (κ1) is 14.2. The monoisotopic (exact) mass is 281 g/mol. The summed E-state index contributed by atoms with van der Waals surface area (Å²) in [5.41, 5.74) is 10.1. The molecule has 1 fully saturated rings. The number of halogens is 5. The van der Waals surface area contributed by atoms with E-state index in [4.69, 9.17) is 5.73 Å². The van der Waals surface area contributed by atoms with Gasteiger partial charge in [0.15, 0.2) is 11.6 Å².